The van der Waals surface area contributed by atoms with Gasteiger partial charge in [-0.25, -0.2) is 0 Å². The molecule has 5 heteroatoms. The maximum atomic E-state index is 13.0. The summed E-state index contributed by atoms with van der Waals surface area (Å²) in [7, 11) is 0. The zero-order valence-electron chi connectivity index (χ0n) is 19.1. The molecule has 0 radical (unpaired) electrons. The summed E-state index contributed by atoms with van der Waals surface area (Å²) >= 11 is 0. The second-order valence-corrected chi connectivity index (χ2v) is 9.84. The van der Waals surface area contributed by atoms with Crippen molar-refractivity contribution in [3.8, 4) is 0 Å². The molecule has 3 saturated heterocycles. The first-order valence-corrected chi connectivity index (χ1v) is 12.7. The predicted octanol–water partition coefficient (Wildman–Crippen LogP) is 3.17. The standard InChI is InChI=1S/C26H41N3O2/c30-21-25-10-4-5-16-29(25)26(31)23-11-19-28(20-12-23)24-13-17-27(18-14-24)15-6-9-22-7-2-1-3-8-22/h1-3,7-8,23-25,30H,4-6,9-21H2. The zero-order valence-corrected chi connectivity index (χ0v) is 19.1. The number of amides is 1. The second kappa shape index (κ2) is 11.4. The molecule has 3 fully saturated rings. The first kappa shape index (κ1) is 22.8. The first-order valence-electron chi connectivity index (χ1n) is 12.7. The van der Waals surface area contributed by atoms with Gasteiger partial charge in [-0.05, 0) is 96.1 Å². The lowest BCUT2D eigenvalue weighted by atomic mass is 9.90. The van der Waals surface area contributed by atoms with Crippen LogP contribution < -0.4 is 0 Å². The van der Waals surface area contributed by atoms with Gasteiger partial charge in [0.25, 0.3) is 0 Å². The van der Waals surface area contributed by atoms with E-state index in [0.29, 0.717) is 11.9 Å². The predicted molar refractivity (Wildman–Crippen MR) is 125 cm³/mol. The van der Waals surface area contributed by atoms with Gasteiger partial charge in [-0.3, -0.25) is 4.79 Å². The molecular formula is C26H41N3O2. The van der Waals surface area contributed by atoms with Crippen molar-refractivity contribution in [2.75, 3.05) is 45.9 Å². The van der Waals surface area contributed by atoms with Gasteiger partial charge in [0.1, 0.15) is 0 Å². The highest BCUT2D eigenvalue weighted by atomic mass is 16.3. The lowest BCUT2D eigenvalue weighted by Gasteiger charge is -2.43. The number of carbonyl (C=O) groups is 1. The van der Waals surface area contributed by atoms with Gasteiger partial charge in [0.2, 0.25) is 5.91 Å². The van der Waals surface area contributed by atoms with Crippen LogP contribution in [0, 0.1) is 5.92 Å². The van der Waals surface area contributed by atoms with Gasteiger partial charge < -0.3 is 19.8 Å². The Kier molecular flexibility index (Phi) is 8.40. The molecule has 1 aromatic rings. The monoisotopic (exact) mass is 427 g/mol. The Morgan fingerprint density at radius 1 is 0.903 bits per heavy atom. The summed E-state index contributed by atoms with van der Waals surface area (Å²) in [6, 6.07) is 11.6. The number of hydrogen-bond donors (Lipinski definition) is 1. The number of likely N-dealkylation sites (tertiary alicyclic amines) is 3. The number of benzene rings is 1. The van der Waals surface area contributed by atoms with E-state index in [2.05, 4.69) is 40.1 Å². The van der Waals surface area contributed by atoms with E-state index >= 15 is 0 Å². The third kappa shape index (κ3) is 6.09. The zero-order chi connectivity index (χ0) is 21.5. The number of carbonyl (C=O) groups excluding carboxylic acids is 1. The topological polar surface area (TPSA) is 47.0 Å². The number of hydrogen-bond acceptors (Lipinski definition) is 4. The van der Waals surface area contributed by atoms with Crippen molar-refractivity contribution >= 4 is 5.91 Å². The summed E-state index contributed by atoms with van der Waals surface area (Å²) in [4.78, 5) is 20.3. The summed E-state index contributed by atoms with van der Waals surface area (Å²) in [6.07, 6.45) is 10.1. The van der Waals surface area contributed by atoms with E-state index in [1.54, 1.807) is 0 Å². The van der Waals surface area contributed by atoms with Crippen molar-refractivity contribution in [1.29, 1.82) is 0 Å². The second-order valence-electron chi connectivity index (χ2n) is 9.84. The van der Waals surface area contributed by atoms with Crippen molar-refractivity contribution < 1.29 is 9.90 Å². The molecule has 4 rings (SSSR count). The van der Waals surface area contributed by atoms with Crippen LogP contribution in [0.4, 0.5) is 0 Å². The van der Waals surface area contributed by atoms with Crippen LogP contribution in [0.3, 0.4) is 0 Å². The number of nitrogens with zero attached hydrogens (tertiary/aromatic N) is 3. The van der Waals surface area contributed by atoms with E-state index in [9.17, 15) is 9.90 Å². The van der Waals surface area contributed by atoms with Gasteiger partial charge in [-0.1, -0.05) is 30.3 Å². The van der Waals surface area contributed by atoms with Gasteiger partial charge >= 0.3 is 0 Å². The Morgan fingerprint density at radius 3 is 2.35 bits per heavy atom. The van der Waals surface area contributed by atoms with Crippen molar-refractivity contribution in [3.63, 3.8) is 0 Å². The lowest BCUT2D eigenvalue weighted by molar-refractivity contribution is -0.142. The molecule has 1 atom stereocenters. The van der Waals surface area contributed by atoms with Crippen LogP contribution >= 0.6 is 0 Å². The SMILES string of the molecule is O=C(C1CCN(C2CCN(CCCc3ccccc3)CC2)CC1)N1CCCCC1CO. The van der Waals surface area contributed by atoms with E-state index in [4.69, 9.17) is 0 Å². The van der Waals surface area contributed by atoms with Gasteiger partial charge in [0.15, 0.2) is 0 Å². The molecule has 3 aliphatic heterocycles. The van der Waals surface area contributed by atoms with Gasteiger partial charge in [-0.2, -0.15) is 0 Å². The van der Waals surface area contributed by atoms with E-state index in [-0.39, 0.29) is 18.6 Å². The van der Waals surface area contributed by atoms with Crippen LogP contribution in [0.15, 0.2) is 30.3 Å². The number of aliphatic hydroxyl groups is 1. The minimum Gasteiger partial charge on any atom is -0.394 e. The van der Waals surface area contributed by atoms with E-state index in [0.717, 1.165) is 51.7 Å². The number of aryl methyl sites for hydroxylation is 1. The van der Waals surface area contributed by atoms with Crippen molar-refractivity contribution in [3.05, 3.63) is 35.9 Å². The van der Waals surface area contributed by atoms with Crippen LogP contribution in [-0.2, 0) is 11.2 Å². The van der Waals surface area contributed by atoms with Crippen LogP contribution in [0.2, 0.25) is 0 Å². The fourth-order valence-electron chi connectivity index (χ4n) is 5.89. The fraction of sp³-hybridized carbons (Fsp3) is 0.731. The summed E-state index contributed by atoms with van der Waals surface area (Å²) < 4.78 is 0. The van der Waals surface area contributed by atoms with Gasteiger partial charge in [0.05, 0.1) is 12.6 Å². The van der Waals surface area contributed by atoms with Gasteiger partial charge in [0, 0.05) is 18.5 Å². The molecule has 3 aliphatic rings. The molecule has 0 spiro atoms. The van der Waals surface area contributed by atoms with Crippen molar-refractivity contribution in [2.45, 2.75) is 69.9 Å². The van der Waals surface area contributed by atoms with Crippen molar-refractivity contribution in [2.24, 2.45) is 5.92 Å². The molecule has 0 bridgehead atoms. The molecule has 1 N–H and O–H groups in total. The summed E-state index contributed by atoms with van der Waals surface area (Å²) in [5.41, 5.74) is 1.45. The molecule has 0 aromatic heterocycles. The average Bonchev–Trinajstić information content (AvgIpc) is 2.85. The molecule has 3 heterocycles. The third-order valence-electron chi connectivity index (χ3n) is 7.86. The molecule has 1 aromatic carbocycles. The van der Waals surface area contributed by atoms with E-state index in [1.165, 1.54) is 50.9 Å². The Balaban J connectivity index is 1.15. The third-order valence-corrected chi connectivity index (χ3v) is 7.86. The summed E-state index contributed by atoms with van der Waals surface area (Å²) in [6.45, 7) is 6.72. The normalized spacial score (nSPS) is 25.1. The highest BCUT2D eigenvalue weighted by Crippen LogP contribution is 2.27. The molecule has 31 heavy (non-hydrogen) atoms. The molecule has 1 unspecified atom stereocenters. The molecular weight excluding hydrogens is 386 g/mol. The Hall–Kier alpha value is -1.43. The van der Waals surface area contributed by atoms with Crippen LogP contribution in [0.1, 0.15) is 56.9 Å². The number of rotatable bonds is 7. The van der Waals surface area contributed by atoms with E-state index in [1.807, 2.05) is 4.90 Å². The highest BCUT2D eigenvalue weighted by Gasteiger charge is 2.35. The Morgan fingerprint density at radius 2 is 1.65 bits per heavy atom. The molecule has 0 aliphatic carbocycles. The summed E-state index contributed by atoms with van der Waals surface area (Å²) in [5.74, 6) is 0.480. The minimum absolute atomic E-state index is 0.0606. The molecule has 1 amide bonds. The highest BCUT2D eigenvalue weighted by molar-refractivity contribution is 5.79. The number of piperidine rings is 3. The minimum atomic E-state index is 0.0606. The lowest BCUT2D eigenvalue weighted by Crippen LogP contribution is -2.52. The van der Waals surface area contributed by atoms with E-state index < -0.39 is 0 Å². The molecule has 172 valence electrons. The Labute approximate surface area is 188 Å². The maximum Gasteiger partial charge on any atom is 0.226 e. The average molecular weight is 428 g/mol. The fourth-order valence-corrected chi connectivity index (χ4v) is 5.89. The quantitative estimate of drug-likeness (QED) is 0.726. The van der Waals surface area contributed by atoms with Crippen LogP contribution in [-0.4, -0.2) is 83.7 Å². The Bertz CT molecular complexity index is 666. The largest absolute Gasteiger partial charge is 0.394 e. The molecule has 0 saturated carbocycles. The maximum absolute atomic E-state index is 13.0. The summed E-state index contributed by atoms with van der Waals surface area (Å²) in [5, 5.41) is 9.65. The van der Waals surface area contributed by atoms with Crippen molar-refractivity contribution in [1.82, 2.24) is 14.7 Å². The van der Waals surface area contributed by atoms with Crippen LogP contribution in [0.5, 0.6) is 0 Å². The smallest absolute Gasteiger partial charge is 0.226 e. The first-order chi connectivity index (χ1) is 15.2. The molecule has 5 nitrogen and oxygen atoms in total. The van der Waals surface area contributed by atoms with Crippen LogP contribution in [0.25, 0.3) is 0 Å². The number of aliphatic hydroxyl groups excluding tert-OH is 1. The van der Waals surface area contributed by atoms with Gasteiger partial charge in [-0.15, -0.1) is 0 Å².